The summed E-state index contributed by atoms with van der Waals surface area (Å²) in [6, 6.07) is 0. The molecule has 0 spiro atoms. The van der Waals surface area contributed by atoms with Crippen molar-refractivity contribution < 1.29 is 28.8 Å². The fourth-order valence-corrected chi connectivity index (χ4v) is 14.5. The van der Waals surface area contributed by atoms with E-state index in [0.717, 1.165) is 82.6 Å². The number of allylic oxidation sites excluding steroid dienone is 2. The molecule has 0 bridgehead atoms. The van der Waals surface area contributed by atoms with E-state index >= 15 is 0 Å². The van der Waals surface area contributed by atoms with Crippen molar-refractivity contribution in [1.29, 1.82) is 0 Å². The van der Waals surface area contributed by atoms with Crippen LogP contribution in [-0.4, -0.2) is 28.4 Å². The number of nitrogens with zero attached hydrogens (tertiary/aromatic N) is 1. The summed E-state index contributed by atoms with van der Waals surface area (Å²) in [7, 11) is 0. The number of rotatable bonds is 3. The Balaban J connectivity index is 0.961. The standard InChI is InChI=1S/C40H53NO7/c1-37-17-13-23(42)21-22(37)5-6-24-26-9-11-31(39(26,3)18-14-28(24)37)35(44)48-36(45)32-12-10-27-25-7-8-30-34(41(46)47)33(43)16-20-38(30,2)29(25)15-19-40(27,32)4/h21,24-29,31-32H,5-20H2,1-4H3/t24-,25-,26-,27-,28+,29+,31?,32?,37-,38+,39-,40-/m0/s1. The predicted molar refractivity (Wildman–Crippen MR) is 177 cm³/mol. The third kappa shape index (κ3) is 4.37. The van der Waals surface area contributed by atoms with Crippen molar-refractivity contribution in [2.24, 2.45) is 69.0 Å². The predicted octanol–water partition coefficient (Wildman–Crippen LogP) is 7.96. The molecule has 0 radical (unpaired) electrons. The van der Waals surface area contributed by atoms with Crippen LogP contribution in [0.2, 0.25) is 0 Å². The second kappa shape index (κ2) is 10.9. The molecule has 8 nitrogen and oxygen atoms in total. The topological polar surface area (TPSA) is 121 Å². The van der Waals surface area contributed by atoms with Gasteiger partial charge in [-0.05, 0) is 153 Å². The Bertz CT molecular complexity index is 1560. The first-order chi connectivity index (χ1) is 22.7. The summed E-state index contributed by atoms with van der Waals surface area (Å²) in [6.45, 7) is 9.06. The lowest BCUT2D eigenvalue weighted by Gasteiger charge is -2.58. The zero-order chi connectivity index (χ0) is 34.0. The van der Waals surface area contributed by atoms with E-state index in [0.29, 0.717) is 48.9 Å². The van der Waals surface area contributed by atoms with Gasteiger partial charge >= 0.3 is 17.6 Å². The lowest BCUT2D eigenvalue weighted by Crippen LogP contribution is -2.52. The number of fused-ring (bicyclic) bond motifs is 10. The van der Waals surface area contributed by atoms with E-state index in [1.165, 1.54) is 5.57 Å². The third-order valence-electron chi connectivity index (χ3n) is 17.0. The quantitative estimate of drug-likeness (QED) is 0.130. The monoisotopic (exact) mass is 659 g/mol. The highest BCUT2D eigenvalue weighted by molar-refractivity contribution is 5.95. The van der Waals surface area contributed by atoms with Gasteiger partial charge in [-0.15, -0.1) is 0 Å². The van der Waals surface area contributed by atoms with E-state index < -0.39 is 4.92 Å². The number of esters is 2. The average Bonchev–Trinajstić information content (AvgIpc) is 3.58. The molecule has 8 heteroatoms. The Hall–Kier alpha value is -2.64. The highest BCUT2D eigenvalue weighted by Crippen LogP contribution is 2.69. The van der Waals surface area contributed by atoms with E-state index in [1.807, 2.05) is 6.08 Å². The average molecular weight is 660 g/mol. The van der Waals surface area contributed by atoms with Gasteiger partial charge in [0, 0.05) is 18.4 Å². The molecule has 2 unspecified atom stereocenters. The number of Topliss-reactive ketones (excluding diaryl/α,β-unsaturated/α-hetero) is 1. The largest absolute Gasteiger partial charge is 0.393 e. The Morgan fingerprint density at radius 2 is 1.23 bits per heavy atom. The Kier molecular flexibility index (Phi) is 7.41. The van der Waals surface area contributed by atoms with E-state index in [2.05, 4.69) is 27.7 Å². The van der Waals surface area contributed by atoms with Crippen molar-refractivity contribution in [1.82, 2.24) is 0 Å². The molecule has 260 valence electrons. The number of hydrogen-bond donors (Lipinski definition) is 0. The first kappa shape index (κ1) is 32.6. The molecule has 0 heterocycles. The van der Waals surface area contributed by atoms with Gasteiger partial charge in [0.1, 0.15) is 0 Å². The minimum atomic E-state index is -0.442. The maximum atomic E-state index is 14.0. The molecule has 6 saturated carbocycles. The number of ether oxygens (including phenoxy) is 1. The van der Waals surface area contributed by atoms with Crippen LogP contribution >= 0.6 is 0 Å². The van der Waals surface area contributed by atoms with Crippen LogP contribution in [0.15, 0.2) is 22.9 Å². The van der Waals surface area contributed by atoms with Gasteiger partial charge in [-0.2, -0.15) is 0 Å². The number of hydrogen-bond acceptors (Lipinski definition) is 7. The first-order valence-electron chi connectivity index (χ1n) is 19.1. The molecule has 0 aromatic rings. The van der Waals surface area contributed by atoms with Gasteiger partial charge in [-0.1, -0.05) is 33.3 Å². The smallest absolute Gasteiger partial charge is 0.317 e. The van der Waals surface area contributed by atoms with Crippen LogP contribution in [0, 0.1) is 79.1 Å². The van der Waals surface area contributed by atoms with Gasteiger partial charge in [-0.25, -0.2) is 0 Å². The zero-order valence-corrected chi connectivity index (χ0v) is 29.3. The van der Waals surface area contributed by atoms with E-state index in [9.17, 15) is 29.3 Å². The summed E-state index contributed by atoms with van der Waals surface area (Å²) in [6.07, 6.45) is 15.1. The summed E-state index contributed by atoms with van der Waals surface area (Å²) in [5.41, 5.74) is 1.31. The summed E-state index contributed by atoms with van der Waals surface area (Å²) < 4.78 is 5.95. The molecule has 12 atom stereocenters. The molecule has 8 aliphatic carbocycles. The highest BCUT2D eigenvalue weighted by atomic mass is 16.6. The van der Waals surface area contributed by atoms with Crippen molar-refractivity contribution in [2.45, 2.75) is 130 Å². The number of ketones is 2. The minimum Gasteiger partial charge on any atom is -0.393 e. The molecule has 6 fully saturated rings. The van der Waals surface area contributed by atoms with Crippen molar-refractivity contribution in [3.05, 3.63) is 33.0 Å². The van der Waals surface area contributed by atoms with Crippen molar-refractivity contribution >= 4 is 23.5 Å². The van der Waals surface area contributed by atoms with Gasteiger partial charge in [0.15, 0.2) is 5.78 Å². The molecular weight excluding hydrogens is 606 g/mol. The molecule has 0 amide bonds. The Morgan fingerprint density at radius 1 is 0.688 bits per heavy atom. The molecule has 0 aromatic carbocycles. The number of carbonyl (C=O) groups is 4. The van der Waals surface area contributed by atoms with Crippen LogP contribution in [0.3, 0.4) is 0 Å². The van der Waals surface area contributed by atoms with Crippen LogP contribution in [0.1, 0.15) is 130 Å². The molecular formula is C40H53NO7. The number of carbonyl (C=O) groups excluding carboxylic acids is 4. The van der Waals surface area contributed by atoms with E-state index in [-0.39, 0.29) is 75.0 Å². The second-order valence-corrected chi connectivity index (χ2v) is 18.4. The molecule has 8 rings (SSSR count). The normalized spacial score (nSPS) is 47.9. The zero-order valence-electron chi connectivity index (χ0n) is 29.3. The van der Waals surface area contributed by atoms with Crippen LogP contribution in [0.25, 0.3) is 0 Å². The maximum Gasteiger partial charge on any atom is 0.317 e. The third-order valence-corrected chi connectivity index (χ3v) is 17.0. The van der Waals surface area contributed by atoms with Crippen LogP contribution in [0.4, 0.5) is 0 Å². The summed E-state index contributed by atoms with van der Waals surface area (Å²) in [4.78, 5) is 64.3. The molecule has 0 aliphatic heterocycles. The SMILES string of the molecule is C[C@]12CCC(=O)C=C1CC[C@@H]1[C@H]2CC[C@]2(C)C(C(=O)OC(=O)C3CC[C@H]4[C@@H]5CCC6=C([N+](=O)[O-])C(=O)CC[C@]6(C)[C@@H]5CC[C@]34C)CC[C@@H]12. The maximum absolute atomic E-state index is 14.0. The molecule has 0 N–H and O–H groups in total. The highest BCUT2D eigenvalue weighted by Gasteiger charge is 2.64. The van der Waals surface area contributed by atoms with Gasteiger partial charge in [0.2, 0.25) is 5.78 Å². The van der Waals surface area contributed by atoms with E-state index in [4.69, 9.17) is 4.74 Å². The summed E-state index contributed by atoms with van der Waals surface area (Å²) in [5, 5.41) is 11.9. The van der Waals surface area contributed by atoms with Crippen molar-refractivity contribution in [2.75, 3.05) is 0 Å². The lowest BCUT2D eigenvalue weighted by molar-refractivity contribution is -0.422. The van der Waals surface area contributed by atoms with Gasteiger partial charge < -0.3 is 4.74 Å². The second-order valence-electron chi connectivity index (χ2n) is 18.4. The Morgan fingerprint density at radius 3 is 1.81 bits per heavy atom. The summed E-state index contributed by atoms with van der Waals surface area (Å²) >= 11 is 0. The lowest BCUT2D eigenvalue weighted by atomic mass is 9.46. The fourth-order valence-electron chi connectivity index (χ4n) is 14.5. The van der Waals surface area contributed by atoms with Crippen LogP contribution in [0.5, 0.6) is 0 Å². The number of nitro groups is 1. The molecule has 0 aromatic heterocycles. The van der Waals surface area contributed by atoms with Gasteiger partial charge in [-0.3, -0.25) is 29.3 Å². The van der Waals surface area contributed by atoms with Crippen molar-refractivity contribution in [3.63, 3.8) is 0 Å². The first-order valence-corrected chi connectivity index (χ1v) is 19.1. The molecule has 0 saturated heterocycles. The van der Waals surface area contributed by atoms with Gasteiger partial charge in [0.05, 0.1) is 16.8 Å². The van der Waals surface area contributed by atoms with Crippen LogP contribution in [-0.2, 0) is 23.9 Å². The van der Waals surface area contributed by atoms with Crippen LogP contribution < -0.4 is 0 Å². The molecule has 48 heavy (non-hydrogen) atoms. The summed E-state index contributed by atoms with van der Waals surface area (Å²) in [5.74, 6) is 1.23. The Labute approximate surface area is 284 Å². The van der Waals surface area contributed by atoms with Crippen molar-refractivity contribution in [3.8, 4) is 0 Å². The minimum absolute atomic E-state index is 0.0942. The van der Waals surface area contributed by atoms with Gasteiger partial charge in [0.25, 0.3) is 0 Å². The fraction of sp³-hybridized carbons (Fsp3) is 0.800. The molecule has 8 aliphatic rings. The van der Waals surface area contributed by atoms with E-state index in [1.54, 1.807) is 0 Å².